The molecule has 0 saturated carbocycles. The van der Waals surface area contributed by atoms with Crippen molar-refractivity contribution in [3.63, 3.8) is 0 Å². The normalized spacial score (nSPS) is 12.1. The van der Waals surface area contributed by atoms with E-state index in [0.717, 1.165) is 5.75 Å². The molecule has 0 bridgehead atoms. The first-order chi connectivity index (χ1) is 10.3. The molecular formula is C18H23NO2. The first-order valence-electron chi connectivity index (χ1n) is 7.35. The molecular weight excluding hydrogens is 262 g/mol. The Morgan fingerprint density at radius 3 is 2.33 bits per heavy atom. The Kier molecular flexibility index (Phi) is 6.25. The van der Waals surface area contributed by atoms with Crippen LogP contribution < -0.4 is 10.1 Å². The van der Waals surface area contributed by atoms with Gasteiger partial charge in [-0.05, 0) is 37.2 Å². The van der Waals surface area contributed by atoms with Crippen molar-refractivity contribution >= 4 is 0 Å². The second kappa shape index (κ2) is 8.45. The van der Waals surface area contributed by atoms with E-state index in [0.29, 0.717) is 19.8 Å². The third-order valence-electron chi connectivity index (χ3n) is 3.34. The van der Waals surface area contributed by atoms with Gasteiger partial charge in [-0.2, -0.15) is 0 Å². The van der Waals surface area contributed by atoms with Gasteiger partial charge in [0.2, 0.25) is 0 Å². The summed E-state index contributed by atoms with van der Waals surface area (Å²) in [6.45, 7) is 3.95. The number of hydrogen-bond donors (Lipinski definition) is 1. The predicted molar refractivity (Wildman–Crippen MR) is 85.5 cm³/mol. The molecule has 1 atom stereocenters. The Hall–Kier alpha value is -1.84. The molecule has 0 spiro atoms. The summed E-state index contributed by atoms with van der Waals surface area (Å²) in [6, 6.07) is 18.6. The Labute approximate surface area is 126 Å². The smallest absolute Gasteiger partial charge is 0.119 e. The van der Waals surface area contributed by atoms with Crippen LogP contribution in [0.1, 0.15) is 24.1 Å². The molecule has 2 rings (SSSR count). The molecule has 112 valence electrons. The van der Waals surface area contributed by atoms with Crippen molar-refractivity contribution in [1.82, 2.24) is 5.32 Å². The fourth-order valence-electron chi connectivity index (χ4n) is 2.18. The second-order valence-electron chi connectivity index (χ2n) is 4.84. The standard InChI is InChI=1S/C18H23NO2/c1-3-21-17-11-9-16(10-12-17)18(19-2)14-20-13-15-7-5-4-6-8-15/h4-12,18-19H,3,13-14H2,1-2H3. The highest BCUT2D eigenvalue weighted by atomic mass is 16.5. The van der Waals surface area contributed by atoms with Crippen LogP contribution in [0.4, 0.5) is 0 Å². The summed E-state index contributed by atoms with van der Waals surface area (Å²) in [5.41, 5.74) is 2.40. The minimum Gasteiger partial charge on any atom is -0.494 e. The molecule has 3 nitrogen and oxygen atoms in total. The molecule has 0 aliphatic carbocycles. The summed E-state index contributed by atoms with van der Waals surface area (Å²) < 4.78 is 11.3. The van der Waals surface area contributed by atoms with Crippen molar-refractivity contribution in [2.24, 2.45) is 0 Å². The molecule has 21 heavy (non-hydrogen) atoms. The van der Waals surface area contributed by atoms with E-state index in [1.54, 1.807) is 0 Å². The zero-order chi connectivity index (χ0) is 14.9. The van der Waals surface area contributed by atoms with Gasteiger partial charge in [-0.25, -0.2) is 0 Å². The fraction of sp³-hybridized carbons (Fsp3) is 0.333. The lowest BCUT2D eigenvalue weighted by atomic mass is 10.1. The topological polar surface area (TPSA) is 30.5 Å². The molecule has 3 heteroatoms. The molecule has 0 aliphatic rings. The van der Waals surface area contributed by atoms with Crippen LogP contribution in [0.3, 0.4) is 0 Å². The quantitative estimate of drug-likeness (QED) is 0.804. The summed E-state index contributed by atoms with van der Waals surface area (Å²) >= 11 is 0. The fourth-order valence-corrected chi connectivity index (χ4v) is 2.18. The molecule has 2 aromatic carbocycles. The molecule has 0 saturated heterocycles. The maximum absolute atomic E-state index is 5.81. The van der Waals surface area contributed by atoms with Gasteiger partial charge >= 0.3 is 0 Å². The molecule has 0 fully saturated rings. The lowest BCUT2D eigenvalue weighted by Crippen LogP contribution is -2.21. The van der Waals surface area contributed by atoms with Crippen LogP contribution in [0.25, 0.3) is 0 Å². The van der Waals surface area contributed by atoms with Crippen LogP contribution in [-0.4, -0.2) is 20.3 Å². The van der Waals surface area contributed by atoms with Gasteiger partial charge in [0.05, 0.1) is 25.9 Å². The van der Waals surface area contributed by atoms with Gasteiger partial charge in [-0.3, -0.25) is 0 Å². The molecule has 0 heterocycles. The van der Waals surface area contributed by atoms with Gasteiger partial charge in [-0.15, -0.1) is 0 Å². The summed E-state index contributed by atoms with van der Waals surface area (Å²) in [7, 11) is 1.95. The van der Waals surface area contributed by atoms with Crippen LogP contribution in [0.5, 0.6) is 5.75 Å². The van der Waals surface area contributed by atoms with Crippen molar-refractivity contribution < 1.29 is 9.47 Å². The third-order valence-corrected chi connectivity index (χ3v) is 3.34. The Balaban J connectivity index is 1.87. The van der Waals surface area contributed by atoms with Crippen LogP contribution in [-0.2, 0) is 11.3 Å². The zero-order valence-corrected chi connectivity index (χ0v) is 12.7. The Bertz CT molecular complexity index is 511. The Morgan fingerprint density at radius 2 is 1.71 bits per heavy atom. The van der Waals surface area contributed by atoms with E-state index in [-0.39, 0.29) is 6.04 Å². The van der Waals surface area contributed by atoms with E-state index in [2.05, 4.69) is 29.6 Å². The molecule has 0 amide bonds. The highest BCUT2D eigenvalue weighted by Gasteiger charge is 2.09. The van der Waals surface area contributed by atoms with E-state index in [1.165, 1.54) is 11.1 Å². The number of rotatable bonds is 8. The minimum atomic E-state index is 0.185. The summed E-state index contributed by atoms with van der Waals surface area (Å²) in [5, 5.41) is 3.29. The largest absolute Gasteiger partial charge is 0.494 e. The van der Waals surface area contributed by atoms with Crippen molar-refractivity contribution in [2.75, 3.05) is 20.3 Å². The lowest BCUT2D eigenvalue weighted by molar-refractivity contribution is 0.101. The average molecular weight is 285 g/mol. The van der Waals surface area contributed by atoms with Gasteiger partial charge in [0.25, 0.3) is 0 Å². The van der Waals surface area contributed by atoms with Gasteiger partial charge < -0.3 is 14.8 Å². The van der Waals surface area contributed by atoms with E-state index in [9.17, 15) is 0 Å². The Morgan fingerprint density at radius 1 is 1.00 bits per heavy atom. The van der Waals surface area contributed by atoms with Crippen molar-refractivity contribution in [3.8, 4) is 5.75 Å². The van der Waals surface area contributed by atoms with Crippen molar-refractivity contribution in [1.29, 1.82) is 0 Å². The van der Waals surface area contributed by atoms with Crippen LogP contribution in [0.2, 0.25) is 0 Å². The number of hydrogen-bond acceptors (Lipinski definition) is 3. The van der Waals surface area contributed by atoms with Crippen molar-refractivity contribution in [2.45, 2.75) is 19.6 Å². The zero-order valence-electron chi connectivity index (χ0n) is 12.7. The van der Waals surface area contributed by atoms with Gasteiger partial charge in [0, 0.05) is 0 Å². The summed E-state index contributed by atoms with van der Waals surface area (Å²) in [6.07, 6.45) is 0. The predicted octanol–water partition coefficient (Wildman–Crippen LogP) is 3.56. The highest BCUT2D eigenvalue weighted by Crippen LogP contribution is 2.18. The molecule has 1 N–H and O–H groups in total. The highest BCUT2D eigenvalue weighted by molar-refractivity contribution is 5.29. The molecule has 0 radical (unpaired) electrons. The van der Waals surface area contributed by atoms with Crippen molar-refractivity contribution in [3.05, 3.63) is 65.7 Å². The molecule has 2 aromatic rings. The monoisotopic (exact) mass is 285 g/mol. The molecule has 0 aromatic heterocycles. The second-order valence-corrected chi connectivity index (χ2v) is 4.84. The maximum atomic E-state index is 5.81. The van der Waals surface area contributed by atoms with E-state index in [1.807, 2.05) is 44.3 Å². The van der Waals surface area contributed by atoms with E-state index in [4.69, 9.17) is 9.47 Å². The number of ether oxygens (including phenoxy) is 2. The number of benzene rings is 2. The molecule has 0 aliphatic heterocycles. The van der Waals surface area contributed by atoms with Crippen LogP contribution >= 0.6 is 0 Å². The maximum Gasteiger partial charge on any atom is 0.119 e. The number of nitrogens with one attached hydrogen (secondary N) is 1. The average Bonchev–Trinajstić information content (AvgIpc) is 2.54. The van der Waals surface area contributed by atoms with Gasteiger partial charge in [-0.1, -0.05) is 42.5 Å². The van der Waals surface area contributed by atoms with E-state index >= 15 is 0 Å². The minimum absolute atomic E-state index is 0.185. The summed E-state index contributed by atoms with van der Waals surface area (Å²) in [5.74, 6) is 0.904. The first-order valence-corrected chi connectivity index (χ1v) is 7.35. The summed E-state index contributed by atoms with van der Waals surface area (Å²) in [4.78, 5) is 0. The van der Waals surface area contributed by atoms with Crippen LogP contribution in [0, 0.1) is 0 Å². The number of likely N-dealkylation sites (N-methyl/N-ethyl adjacent to an activating group) is 1. The van der Waals surface area contributed by atoms with Gasteiger partial charge in [0.1, 0.15) is 5.75 Å². The molecule has 1 unspecified atom stereocenters. The van der Waals surface area contributed by atoms with Gasteiger partial charge in [0.15, 0.2) is 0 Å². The van der Waals surface area contributed by atoms with Crippen LogP contribution in [0.15, 0.2) is 54.6 Å². The SMILES string of the molecule is CCOc1ccc(C(COCc2ccccc2)NC)cc1. The van der Waals surface area contributed by atoms with E-state index < -0.39 is 0 Å². The third kappa shape index (κ3) is 4.88. The lowest BCUT2D eigenvalue weighted by Gasteiger charge is -2.17. The first kappa shape index (κ1) is 15.5.